The first kappa shape index (κ1) is 14.6. The zero-order valence-corrected chi connectivity index (χ0v) is 12.6. The average molecular weight is 295 g/mol. The maximum absolute atomic E-state index is 12.3. The number of alkyl halides is 1. The Morgan fingerprint density at radius 1 is 1.39 bits per heavy atom. The molecule has 2 fully saturated rings. The lowest BCUT2D eigenvalue weighted by molar-refractivity contribution is 0.264. The van der Waals surface area contributed by atoms with Gasteiger partial charge in [-0.1, -0.05) is 6.42 Å². The molecule has 6 heteroatoms. The van der Waals surface area contributed by atoms with Crippen molar-refractivity contribution in [2.45, 2.75) is 51.5 Å². The molecule has 2 rings (SSSR count). The van der Waals surface area contributed by atoms with Gasteiger partial charge in [0.05, 0.1) is 0 Å². The van der Waals surface area contributed by atoms with Gasteiger partial charge in [-0.3, -0.25) is 0 Å². The lowest BCUT2D eigenvalue weighted by Gasteiger charge is -2.32. The third-order valence-electron chi connectivity index (χ3n) is 4.26. The first-order valence-electron chi connectivity index (χ1n) is 6.82. The fraction of sp³-hybridized carbons (Fsp3) is 1.00. The minimum Gasteiger partial charge on any atom is -0.202 e. The molecule has 1 aliphatic carbocycles. The highest BCUT2D eigenvalue weighted by atomic mass is 35.5. The van der Waals surface area contributed by atoms with Gasteiger partial charge in [0.25, 0.3) is 10.2 Å². The van der Waals surface area contributed by atoms with E-state index in [1.165, 1.54) is 0 Å². The van der Waals surface area contributed by atoms with Crippen LogP contribution in [0.5, 0.6) is 0 Å². The molecule has 0 amide bonds. The van der Waals surface area contributed by atoms with Gasteiger partial charge in [-0.2, -0.15) is 12.7 Å². The second kappa shape index (κ2) is 5.65. The number of hydrogen-bond acceptors (Lipinski definition) is 2. The average Bonchev–Trinajstić information content (AvgIpc) is 3.08. The monoisotopic (exact) mass is 294 g/mol. The summed E-state index contributed by atoms with van der Waals surface area (Å²) in [4.78, 5) is 0. The Balaban J connectivity index is 1.91. The highest BCUT2D eigenvalue weighted by Gasteiger charge is 2.43. The quantitative estimate of drug-likeness (QED) is 0.763. The molecule has 1 saturated heterocycles. The van der Waals surface area contributed by atoms with Crippen LogP contribution in [0.3, 0.4) is 0 Å². The lowest BCUT2D eigenvalue weighted by atomic mass is 10.1. The normalized spacial score (nSPS) is 28.2. The number of nitrogens with one attached hydrogen (secondary N) is 1. The van der Waals surface area contributed by atoms with Crippen LogP contribution < -0.4 is 4.72 Å². The van der Waals surface area contributed by atoms with E-state index in [4.69, 9.17) is 11.6 Å². The summed E-state index contributed by atoms with van der Waals surface area (Å²) in [5.74, 6) is 0.613. The van der Waals surface area contributed by atoms with Gasteiger partial charge in [-0.05, 0) is 44.4 Å². The molecule has 0 spiro atoms. The molecule has 1 N–H and O–H groups in total. The fourth-order valence-electron chi connectivity index (χ4n) is 2.65. The molecule has 1 saturated carbocycles. The highest BCUT2D eigenvalue weighted by molar-refractivity contribution is 7.87. The molecule has 4 nitrogen and oxygen atoms in total. The standard InChI is InChI=1S/C12H23ClN2O2S/c1-11-4-2-3-9-15(11)18(16,17)14-10-12(5-6-12)7-8-13/h11,14H,2-10H2,1H3. The van der Waals surface area contributed by atoms with Crippen LogP contribution in [0, 0.1) is 5.41 Å². The van der Waals surface area contributed by atoms with Gasteiger partial charge in [0, 0.05) is 25.0 Å². The molecular weight excluding hydrogens is 272 g/mol. The second-order valence-electron chi connectivity index (χ2n) is 5.72. The van der Waals surface area contributed by atoms with Crippen molar-refractivity contribution in [1.29, 1.82) is 0 Å². The van der Waals surface area contributed by atoms with Crippen molar-refractivity contribution in [1.82, 2.24) is 9.03 Å². The van der Waals surface area contributed by atoms with Gasteiger partial charge in [-0.25, -0.2) is 4.72 Å². The van der Waals surface area contributed by atoms with E-state index in [0.29, 0.717) is 19.0 Å². The molecule has 1 unspecified atom stereocenters. The molecule has 0 aromatic heterocycles. The summed E-state index contributed by atoms with van der Waals surface area (Å²) in [6.07, 6.45) is 6.16. The van der Waals surface area contributed by atoms with Crippen LogP contribution >= 0.6 is 11.6 Å². The van der Waals surface area contributed by atoms with Crippen molar-refractivity contribution >= 4 is 21.8 Å². The Hall–Kier alpha value is 0.160. The first-order valence-corrected chi connectivity index (χ1v) is 8.79. The van der Waals surface area contributed by atoms with E-state index in [1.807, 2.05) is 6.92 Å². The van der Waals surface area contributed by atoms with Crippen molar-refractivity contribution in [2.75, 3.05) is 19.0 Å². The van der Waals surface area contributed by atoms with E-state index in [9.17, 15) is 8.42 Å². The Morgan fingerprint density at radius 3 is 2.67 bits per heavy atom. The third-order valence-corrected chi connectivity index (χ3v) is 6.12. The van der Waals surface area contributed by atoms with Crippen LogP contribution in [-0.2, 0) is 10.2 Å². The van der Waals surface area contributed by atoms with Crippen molar-refractivity contribution in [3.8, 4) is 0 Å². The number of nitrogens with zero attached hydrogens (tertiary/aromatic N) is 1. The van der Waals surface area contributed by atoms with E-state index in [0.717, 1.165) is 38.5 Å². The minimum absolute atomic E-state index is 0.124. The maximum atomic E-state index is 12.3. The van der Waals surface area contributed by atoms with E-state index in [-0.39, 0.29) is 11.5 Å². The predicted octanol–water partition coefficient (Wildman–Crippen LogP) is 2.10. The van der Waals surface area contributed by atoms with Gasteiger partial charge in [0.1, 0.15) is 0 Å². The molecule has 18 heavy (non-hydrogen) atoms. The molecular formula is C12H23ClN2O2S. The molecule has 1 heterocycles. The predicted molar refractivity (Wildman–Crippen MR) is 73.9 cm³/mol. The van der Waals surface area contributed by atoms with Gasteiger partial charge in [0.2, 0.25) is 0 Å². The minimum atomic E-state index is -3.30. The van der Waals surface area contributed by atoms with Crippen LogP contribution in [0.25, 0.3) is 0 Å². The van der Waals surface area contributed by atoms with E-state index >= 15 is 0 Å². The maximum Gasteiger partial charge on any atom is 0.279 e. The molecule has 106 valence electrons. The molecule has 0 aromatic carbocycles. The van der Waals surface area contributed by atoms with Gasteiger partial charge < -0.3 is 0 Å². The lowest BCUT2D eigenvalue weighted by Crippen LogP contribution is -2.49. The van der Waals surface area contributed by atoms with Gasteiger partial charge in [0.15, 0.2) is 0 Å². The number of rotatable bonds is 6. The topological polar surface area (TPSA) is 49.4 Å². The van der Waals surface area contributed by atoms with Gasteiger partial charge in [-0.15, -0.1) is 11.6 Å². The number of piperidine rings is 1. The molecule has 1 atom stereocenters. The van der Waals surface area contributed by atoms with Crippen molar-refractivity contribution < 1.29 is 8.42 Å². The molecule has 2 aliphatic rings. The SMILES string of the molecule is CC1CCCCN1S(=O)(=O)NCC1(CCCl)CC1. The first-order chi connectivity index (χ1) is 8.49. The molecule has 1 aliphatic heterocycles. The zero-order chi connectivity index (χ0) is 13.2. The highest BCUT2D eigenvalue weighted by Crippen LogP contribution is 2.48. The summed E-state index contributed by atoms with van der Waals surface area (Å²) in [6, 6.07) is 0.124. The Labute approximate surface area is 115 Å². The molecule has 0 radical (unpaired) electrons. The number of hydrogen-bond donors (Lipinski definition) is 1. The van der Waals surface area contributed by atoms with Crippen molar-refractivity contribution in [3.05, 3.63) is 0 Å². The van der Waals surface area contributed by atoms with Crippen LogP contribution in [0.1, 0.15) is 45.4 Å². The second-order valence-corrected chi connectivity index (χ2v) is 7.81. The summed E-state index contributed by atoms with van der Waals surface area (Å²) in [6.45, 7) is 3.19. The summed E-state index contributed by atoms with van der Waals surface area (Å²) >= 11 is 5.76. The molecule has 0 bridgehead atoms. The largest absolute Gasteiger partial charge is 0.279 e. The van der Waals surface area contributed by atoms with E-state index in [2.05, 4.69) is 4.72 Å². The zero-order valence-electron chi connectivity index (χ0n) is 11.0. The van der Waals surface area contributed by atoms with Crippen LogP contribution in [0.4, 0.5) is 0 Å². The molecule has 0 aromatic rings. The Kier molecular flexibility index (Phi) is 4.57. The van der Waals surface area contributed by atoms with E-state index < -0.39 is 10.2 Å². The third kappa shape index (κ3) is 3.38. The van der Waals surface area contributed by atoms with Crippen molar-refractivity contribution in [2.24, 2.45) is 5.41 Å². The number of halogens is 1. The van der Waals surface area contributed by atoms with Crippen LogP contribution in [-0.4, -0.2) is 37.7 Å². The Bertz CT molecular complexity index is 382. The fourth-order valence-corrected chi connectivity index (χ4v) is 4.65. The van der Waals surface area contributed by atoms with Gasteiger partial charge >= 0.3 is 0 Å². The smallest absolute Gasteiger partial charge is 0.202 e. The summed E-state index contributed by atoms with van der Waals surface area (Å²) in [5.41, 5.74) is 0.147. The van der Waals surface area contributed by atoms with E-state index in [1.54, 1.807) is 4.31 Å². The summed E-state index contributed by atoms with van der Waals surface area (Å²) < 4.78 is 28.9. The van der Waals surface area contributed by atoms with Crippen LogP contribution in [0.15, 0.2) is 0 Å². The Morgan fingerprint density at radius 2 is 2.11 bits per heavy atom. The van der Waals surface area contributed by atoms with Crippen LogP contribution in [0.2, 0.25) is 0 Å². The van der Waals surface area contributed by atoms with Crippen molar-refractivity contribution in [3.63, 3.8) is 0 Å². The summed E-state index contributed by atoms with van der Waals surface area (Å²) in [7, 11) is -3.30. The summed E-state index contributed by atoms with van der Waals surface area (Å²) in [5, 5.41) is 0.